The Labute approximate surface area is 135 Å². The van der Waals surface area contributed by atoms with Gasteiger partial charge in [0.15, 0.2) is 5.76 Å². The third kappa shape index (κ3) is 3.31. The Bertz CT molecular complexity index is 785. The van der Waals surface area contributed by atoms with E-state index in [9.17, 15) is 4.79 Å². The number of benzene rings is 2. The first kappa shape index (κ1) is 15.0. The van der Waals surface area contributed by atoms with Crippen LogP contribution in [0.15, 0.2) is 59.3 Å². The van der Waals surface area contributed by atoms with Crippen molar-refractivity contribution < 1.29 is 9.53 Å². The number of rotatable bonds is 3. The molecule has 1 aliphatic rings. The topological polar surface area (TPSA) is 41.9 Å². The zero-order valence-electron chi connectivity index (χ0n) is 13.4. The Morgan fingerprint density at radius 2 is 1.65 bits per heavy atom. The van der Waals surface area contributed by atoms with Gasteiger partial charge in [-0.2, -0.15) is 4.99 Å². The Morgan fingerprint density at radius 1 is 1.00 bits per heavy atom. The summed E-state index contributed by atoms with van der Waals surface area (Å²) in [4.78, 5) is 18.0. The third-order valence-electron chi connectivity index (χ3n) is 3.63. The Hall–Kier alpha value is -2.88. The largest absolute Gasteiger partial charge is 0.432 e. The highest BCUT2D eigenvalue weighted by Crippen LogP contribution is 2.21. The minimum absolute atomic E-state index is 0.248. The molecular weight excluding hydrogens is 288 g/mol. The van der Waals surface area contributed by atoms with Crippen LogP contribution in [0.5, 0.6) is 0 Å². The normalized spacial score (nSPS) is 15.5. The van der Waals surface area contributed by atoms with E-state index in [0.29, 0.717) is 5.90 Å². The molecule has 0 saturated carbocycles. The van der Waals surface area contributed by atoms with Gasteiger partial charge in [0, 0.05) is 25.3 Å². The van der Waals surface area contributed by atoms with Crippen molar-refractivity contribution in [1.29, 1.82) is 0 Å². The Morgan fingerprint density at radius 3 is 2.26 bits per heavy atom. The van der Waals surface area contributed by atoms with Crippen molar-refractivity contribution in [2.24, 2.45) is 4.99 Å². The van der Waals surface area contributed by atoms with Crippen molar-refractivity contribution >= 4 is 23.6 Å². The molecule has 0 spiro atoms. The molecule has 0 fully saturated rings. The fourth-order valence-electron chi connectivity index (χ4n) is 2.25. The second kappa shape index (κ2) is 6.08. The molecule has 2 aromatic carbocycles. The van der Waals surface area contributed by atoms with Crippen LogP contribution in [0.25, 0.3) is 6.08 Å². The summed E-state index contributed by atoms with van der Waals surface area (Å²) in [5.41, 5.74) is 3.95. The van der Waals surface area contributed by atoms with Gasteiger partial charge in [0.05, 0.1) is 0 Å². The van der Waals surface area contributed by atoms with Crippen LogP contribution in [0.4, 0.5) is 5.69 Å². The van der Waals surface area contributed by atoms with Crippen molar-refractivity contribution in [2.45, 2.75) is 6.92 Å². The minimum Gasteiger partial charge on any atom is -0.432 e. The summed E-state index contributed by atoms with van der Waals surface area (Å²) in [5, 5.41) is 0. The third-order valence-corrected chi connectivity index (χ3v) is 3.63. The van der Waals surface area contributed by atoms with E-state index in [1.807, 2.05) is 74.4 Å². The number of hydrogen-bond donors (Lipinski definition) is 0. The molecule has 1 heterocycles. The van der Waals surface area contributed by atoms with Crippen LogP contribution in [0.3, 0.4) is 0 Å². The van der Waals surface area contributed by atoms with Crippen LogP contribution in [0.2, 0.25) is 0 Å². The average molecular weight is 306 g/mol. The van der Waals surface area contributed by atoms with Crippen LogP contribution in [-0.4, -0.2) is 25.9 Å². The molecule has 1 aliphatic heterocycles. The number of amides is 1. The number of ether oxygens (including phenoxy) is 1. The molecule has 0 bridgehead atoms. The summed E-state index contributed by atoms with van der Waals surface area (Å²) in [6.45, 7) is 2.01. The number of carbonyl (C=O) groups excluding carboxylic acids is 1. The molecule has 0 N–H and O–H groups in total. The van der Waals surface area contributed by atoms with Crippen molar-refractivity contribution in [3.05, 3.63) is 71.0 Å². The van der Waals surface area contributed by atoms with Gasteiger partial charge in [0.25, 0.3) is 0 Å². The van der Waals surface area contributed by atoms with Crippen molar-refractivity contribution in [3.63, 3.8) is 0 Å². The zero-order chi connectivity index (χ0) is 16.4. The molecule has 0 unspecified atom stereocenters. The molecule has 116 valence electrons. The zero-order valence-corrected chi connectivity index (χ0v) is 13.4. The summed E-state index contributed by atoms with van der Waals surface area (Å²) in [5.74, 6) is 0.251. The predicted molar refractivity (Wildman–Crippen MR) is 92.6 cm³/mol. The second-order valence-electron chi connectivity index (χ2n) is 5.68. The number of nitrogens with zero attached hydrogens (tertiary/aromatic N) is 2. The van der Waals surface area contributed by atoms with Gasteiger partial charge in [-0.1, -0.05) is 29.8 Å². The van der Waals surface area contributed by atoms with Gasteiger partial charge >= 0.3 is 5.91 Å². The quantitative estimate of drug-likeness (QED) is 0.816. The summed E-state index contributed by atoms with van der Waals surface area (Å²) in [6.07, 6.45) is 1.71. The first-order valence-electron chi connectivity index (χ1n) is 7.40. The summed E-state index contributed by atoms with van der Waals surface area (Å²) in [7, 11) is 3.97. The smallest absolute Gasteiger partial charge is 0.316 e. The SMILES string of the molecule is Cc1ccc(C2=NC(=O)C(=Cc3ccc(N(C)C)cc3)O2)cc1. The molecule has 0 radical (unpaired) electrons. The maximum Gasteiger partial charge on any atom is 0.316 e. The molecule has 0 saturated heterocycles. The molecule has 0 atom stereocenters. The molecule has 0 aliphatic carbocycles. The standard InChI is InChI=1S/C19H18N2O2/c1-13-4-8-15(9-5-13)19-20-18(22)17(23-19)12-14-6-10-16(11-7-14)21(2)3/h4-12H,1-3H3. The fourth-order valence-corrected chi connectivity index (χ4v) is 2.25. The summed E-state index contributed by atoms with van der Waals surface area (Å²) >= 11 is 0. The van der Waals surface area contributed by atoms with Gasteiger partial charge in [-0.25, -0.2) is 0 Å². The van der Waals surface area contributed by atoms with Gasteiger partial charge in [-0.15, -0.1) is 0 Å². The number of aryl methyl sites for hydroxylation is 1. The van der Waals surface area contributed by atoms with Gasteiger partial charge in [-0.3, -0.25) is 4.79 Å². The van der Waals surface area contributed by atoms with Crippen LogP contribution < -0.4 is 4.90 Å². The number of carbonyl (C=O) groups is 1. The van der Waals surface area contributed by atoms with E-state index in [1.165, 1.54) is 0 Å². The number of anilines is 1. The van der Waals surface area contributed by atoms with Crippen LogP contribution in [-0.2, 0) is 9.53 Å². The van der Waals surface area contributed by atoms with Crippen molar-refractivity contribution in [3.8, 4) is 0 Å². The molecule has 4 heteroatoms. The minimum atomic E-state index is -0.350. The predicted octanol–water partition coefficient (Wildman–Crippen LogP) is 3.41. The van der Waals surface area contributed by atoms with E-state index in [2.05, 4.69) is 4.99 Å². The second-order valence-corrected chi connectivity index (χ2v) is 5.68. The molecule has 2 aromatic rings. The van der Waals surface area contributed by atoms with Crippen molar-refractivity contribution in [1.82, 2.24) is 0 Å². The van der Waals surface area contributed by atoms with Crippen molar-refractivity contribution in [2.75, 3.05) is 19.0 Å². The first-order chi connectivity index (χ1) is 11.0. The number of hydrogen-bond acceptors (Lipinski definition) is 3. The Balaban J connectivity index is 1.80. The lowest BCUT2D eigenvalue weighted by molar-refractivity contribution is -0.115. The van der Waals surface area contributed by atoms with E-state index >= 15 is 0 Å². The van der Waals surface area contributed by atoms with E-state index in [1.54, 1.807) is 6.08 Å². The van der Waals surface area contributed by atoms with Gasteiger partial charge in [0.1, 0.15) is 0 Å². The van der Waals surface area contributed by atoms with E-state index in [4.69, 9.17) is 4.74 Å². The van der Waals surface area contributed by atoms with E-state index < -0.39 is 0 Å². The van der Waals surface area contributed by atoms with E-state index in [0.717, 1.165) is 22.4 Å². The average Bonchev–Trinajstić information content (AvgIpc) is 2.89. The summed E-state index contributed by atoms with van der Waals surface area (Å²) in [6, 6.07) is 15.6. The molecule has 4 nitrogen and oxygen atoms in total. The maximum absolute atomic E-state index is 12.0. The Kier molecular flexibility index (Phi) is 3.98. The fraction of sp³-hybridized carbons (Fsp3) is 0.158. The lowest BCUT2D eigenvalue weighted by Gasteiger charge is -2.11. The lowest BCUT2D eigenvalue weighted by Crippen LogP contribution is -2.08. The molecule has 3 rings (SSSR count). The molecular formula is C19H18N2O2. The van der Waals surface area contributed by atoms with E-state index in [-0.39, 0.29) is 11.7 Å². The van der Waals surface area contributed by atoms with Gasteiger partial charge in [-0.05, 0) is 42.8 Å². The van der Waals surface area contributed by atoms with Crippen LogP contribution in [0, 0.1) is 6.92 Å². The number of aliphatic imine (C=N–C) groups is 1. The van der Waals surface area contributed by atoms with Crippen LogP contribution >= 0.6 is 0 Å². The van der Waals surface area contributed by atoms with Gasteiger partial charge in [0.2, 0.25) is 5.90 Å². The highest BCUT2D eigenvalue weighted by atomic mass is 16.5. The monoisotopic (exact) mass is 306 g/mol. The lowest BCUT2D eigenvalue weighted by atomic mass is 10.1. The molecule has 1 amide bonds. The maximum atomic E-state index is 12.0. The van der Waals surface area contributed by atoms with Crippen LogP contribution in [0.1, 0.15) is 16.7 Å². The summed E-state index contributed by atoms with van der Waals surface area (Å²) < 4.78 is 5.63. The molecule has 0 aromatic heterocycles. The molecule has 23 heavy (non-hydrogen) atoms. The first-order valence-corrected chi connectivity index (χ1v) is 7.40. The highest BCUT2D eigenvalue weighted by Gasteiger charge is 2.23. The van der Waals surface area contributed by atoms with Gasteiger partial charge < -0.3 is 9.64 Å². The highest BCUT2D eigenvalue weighted by molar-refractivity contribution is 6.14.